The smallest absolute Gasteiger partial charge is 0.462 e. The maximum Gasteiger partial charge on any atom is 0.472 e. The van der Waals surface area contributed by atoms with Gasteiger partial charge in [-0.3, -0.25) is 37.3 Å². The summed E-state index contributed by atoms with van der Waals surface area (Å²) in [6.45, 7) is 4.73. The number of hydrogen-bond donors (Lipinski definition) is 3. The van der Waals surface area contributed by atoms with Crippen molar-refractivity contribution in [2.75, 3.05) is 39.6 Å². The van der Waals surface area contributed by atoms with E-state index in [9.17, 15) is 43.2 Å². The summed E-state index contributed by atoms with van der Waals surface area (Å²) < 4.78 is 68.6. The third-order valence-electron chi connectivity index (χ3n) is 17.2. The van der Waals surface area contributed by atoms with Gasteiger partial charge in [-0.15, -0.1) is 0 Å². The van der Waals surface area contributed by atoms with Gasteiger partial charge < -0.3 is 33.8 Å². The summed E-state index contributed by atoms with van der Waals surface area (Å²) in [6.07, 6.45) is 83.5. The second-order valence-electron chi connectivity index (χ2n) is 27.3. The Bertz CT molecular complexity index is 2390. The van der Waals surface area contributed by atoms with Crippen LogP contribution in [-0.2, 0) is 65.4 Å². The van der Waals surface area contributed by atoms with Gasteiger partial charge in [-0.25, -0.2) is 9.13 Å². The van der Waals surface area contributed by atoms with Crippen molar-refractivity contribution < 1.29 is 80.2 Å². The maximum atomic E-state index is 13.1. The summed E-state index contributed by atoms with van der Waals surface area (Å²) in [5.74, 6) is -2.28. The van der Waals surface area contributed by atoms with E-state index in [0.29, 0.717) is 32.1 Å². The van der Waals surface area contributed by atoms with Gasteiger partial charge in [-0.2, -0.15) is 0 Å². The van der Waals surface area contributed by atoms with E-state index in [1.54, 1.807) is 0 Å². The number of esters is 4. The highest BCUT2D eigenvalue weighted by Gasteiger charge is 2.30. The fraction of sp³-hybridized carbons (Fsp3) is 0.741. The molecule has 0 saturated carbocycles. The van der Waals surface area contributed by atoms with Crippen LogP contribution in [0.25, 0.3) is 0 Å². The van der Waals surface area contributed by atoms with E-state index in [-0.39, 0.29) is 25.7 Å². The highest BCUT2D eigenvalue weighted by Crippen LogP contribution is 2.45. The minimum absolute atomic E-state index is 0.0297. The van der Waals surface area contributed by atoms with Crippen LogP contribution in [0.2, 0.25) is 0 Å². The van der Waals surface area contributed by atoms with Crippen molar-refractivity contribution in [2.45, 2.75) is 367 Å². The first kappa shape index (κ1) is 99.7. The predicted molar refractivity (Wildman–Crippen MR) is 427 cm³/mol. The first-order valence-electron chi connectivity index (χ1n) is 41.1. The Morgan fingerprint density at radius 3 is 0.808 bits per heavy atom. The summed E-state index contributed by atoms with van der Waals surface area (Å²) in [5, 5.41) is 10.6. The largest absolute Gasteiger partial charge is 0.472 e. The predicted octanol–water partition coefficient (Wildman–Crippen LogP) is 24.1. The molecule has 0 aliphatic rings. The average molecular weight is 1500 g/mol. The Balaban J connectivity index is 5.44. The van der Waals surface area contributed by atoms with E-state index in [1.165, 1.54) is 96.3 Å². The van der Waals surface area contributed by atoms with E-state index in [2.05, 4.69) is 119 Å². The lowest BCUT2D eigenvalue weighted by Gasteiger charge is -2.21. The van der Waals surface area contributed by atoms with Crippen molar-refractivity contribution in [3.05, 3.63) is 109 Å². The summed E-state index contributed by atoms with van der Waals surface area (Å²) >= 11 is 0. The zero-order valence-electron chi connectivity index (χ0n) is 65.7. The molecular formula is C85H148O17P2. The molecule has 0 aromatic carbocycles. The quantitative estimate of drug-likeness (QED) is 0.0169. The van der Waals surface area contributed by atoms with Crippen molar-refractivity contribution in [3.63, 3.8) is 0 Å². The number of ether oxygens (including phenoxy) is 4. The van der Waals surface area contributed by atoms with E-state index in [0.717, 1.165) is 167 Å². The van der Waals surface area contributed by atoms with E-state index in [1.807, 2.05) is 18.2 Å². The van der Waals surface area contributed by atoms with Gasteiger partial charge in [0.25, 0.3) is 0 Å². The average Bonchev–Trinajstić information content (AvgIpc) is 0.943. The Kier molecular flexibility index (Phi) is 73.7. The summed E-state index contributed by atoms with van der Waals surface area (Å²) in [4.78, 5) is 73.0. The molecule has 3 N–H and O–H groups in total. The molecule has 0 spiro atoms. The number of carbonyl (C=O) groups is 4. The SMILES string of the molecule is CCCCC/C=C\C/C=C\C/C=C\C/C=C\C/C=C\CCC(=O)O[C@H](COC(=O)CCCCCCCCC/C=C\CCCCCC)COP(=O)(O)OC[C@H](O)COP(=O)(O)OC[C@@H](COC(=O)CCCCCCC/C=C\C/C=C\CCCCC)OC(=O)CCCCCCCCC/C=C\CCCCCC. The zero-order valence-corrected chi connectivity index (χ0v) is 67.5. The fourth-order valence-electron chi connectivity index (χ4n) is 10.9. The van der Waals surface area contributed by atoms with Gasteiger partial charge in [-0.1, -0.05) is 285 Å². The minimum Gasteiger partial charge on any atom is -0.462 e. The minimum atomic E-state index is -5.00. The van der Waals surface area contributed by atoms with Gasteiger partial charge in [0.05, 0.1) is 26.4 Å². The lowest BCUT2D eigenvalue weighted by Crippen LogP contribution is -2.30. The molecule has 104 heavy (non-hydrogen) atoms. The molecule has 2 unspecified atom stereocenters. The Morgan fingerprint density at radius 1 is 0.269 bits per heavy atom. The molecule has 0 heterocycles. The lowest BCUT2D eigenvalue weighted by atomic mass is 10.1. The van der Waals surface area contributed by atoms with Crippen LogP contribution in [0.3, 0.4) is 0 Å². The molecule has 0 radical (unpaired) electrons. The van der Waals surface area contributed by atoms with Crippen molar-refractivity contribution in [1.29, 1.82) is 0 Å². The summed E-state index contributed by atoms with van der Waals surface area (Å²) in [5.41, 5.74) is 0. The highest BCUT2D eigenvalue weighted by atomic mass is 31.2. The summed E-state index contributed by atoms with van der Waals surface area (Å²) in [7, 11) is -9.99. The van der Waals surface area contributed by atoms with Crippen LogP contribution in [0.15, 0.2) is 109 Å². The van der Waals surface area contributed by atoms with Crippen LogP contribution < -0.4 is 0 Å². The van der Waals surface area contributed by atoms with Gasteiger partial charge >= 0.3 is 39.5 Å². The van der Waals surface area contributed by atoms with Crippen LogP contribution in [0.5, 0.6) is 0 Å². The maximum absolute atomic E-state index is 13.1. The number of aliphatic hydroxyl groups is 1. The number of rotatable bonds is 77. The number of unbranched alkanes of at least 4 members (excludes halogenated alkanes) is 33. The second-order valence-corrected chi connectivity index (χ2v) is 30.3. The molecule has 600 valence electrons. The molecule has 0 saturated heterocycles. The lowest BCUT2D eigenvalue weighted by molar-refractivity contribution is -0.161. The van der Waals surface area contributed by atoms with Crippen molar-refractivity contribution >= 4 is 39.5 Å². The fourth-order valence-corrected chi connectivity index (χ4v) is 12.4. The molecule has 0 rings (SSSR count). The third-order valence-corrected chi connectivity index (χ3v) is 19.1. The molecule has 0 aromatic heterocycles. The van der Waals surface area contributed by atoms with Crippen LogP contribution in [0.4, 0.5) is 0 Å². The van der Waals surface area contributed by atoms with E-state index >= 15 is 0 Å². The number of phosphoric ester groups is 2. The topological polar surface area (TPSA) is 237 Å². The Hall–Kier alpha value is -4.28. The van der Waals surface area contributed by atoms with Gasteiger partial charge in [0.1, 0.15) is 19.3 Å². The van der Waals surface area contributed by atoms with Crippen molar-refractivity contribution in [1.82, 2.24) is 0 Å². The number of carbonyl (C=O) groups excluding carboxylic acids is 4. The number of aliphatic hydroxyl groups excluding tert-OH is 1. The molecule has 5 atom stereocenters. The Morgan fingerprint density at radius 2 is 0.490 bits per heavy atom. The molecular weight excluding hydrogens is 1350 g/mol. The first-order valence-corrected chi connectivity index (χ1v) is 44.1. The number of phosphoric acid groups is 2. The van der Waals surface area contributed by atoms with Crippen molar-refractivity contribution in [2.24, 2.45) is 0 Å². The zero-order chi connectivity index (χ0) is 76.0. The second kappa shape index (κ2) is 76.9. The number of hydrogen-bond acceptors (Lipinski definition) is 15. The van der Waals surface area contributed by atoms with Gasteiger partial charge in [-0.05, 0) is 148 Å². The molecule has 0 fully saturated rings. The first-order chi connectivity index (χ1) is 50.7. The van der Waals surface area contributed by atoms with Gasteiger partial charge in [0.2, 0.25) is 0 Å². The standard InChI is InChI=1S/C85H148O17P2/c1-5-9-13-17-21-25-29-33-37-38-39-40-44-48-52-56-60-64-68-72-85(90)102-81(76-96-83(88)70-66-62-58-54-50-46-42-35-31-27-23-19-15-11-7-3)78-100-104(93,94)98-74-79(86)73-97-103(91,92)99-77-80(101-84(89)71-67-63-59-55-51-47-43-36-32-28-24-20-16-12-8-4)75-95-82(87)69-65-61-57-53-49-45-41-34-30-26-22-18-14-10-6-2/h21-22,25-28,31-34,37,39-41,48,52,60,64,79-81,86H,5-20,23-24,29-30,35-36,38,42-47,49-51,53-59,61-63,65-78H2,1-4H3,(H,91,92)(H,93,94)/b25-21-,26-22-,31-27-,32-28-,37-33-,40-39-,41-34-,52-48-,64-60-/t79-,80-,81-/m1/s1. The molecule has 19 heteroatoms. The van der Waals surface area contributed by atoms with E-state index in [4.69, 9.17) is 37.0 Å². The molecule has 0 bridgehead atoms. The number of allylic oxidation sites excluding steroid dienone is 18. The third kappa shape index (κ3) is 75.9. The normalized spacial score (nSPS) is 14.4. The molecule has 0 aromatic rings. The van der Waals surface area contributed by atoms with Gasteiger partial charge in [0.15, 0.2) is 12.2 Å². The molecule has 0 amide bonds. The van der Waals surface area contributed by atoms with Crippen LogP contribution in [0.1, 0.15) is 349 Å². The Labute approximate surface area is 632 Å². The molecule has 0 aliphatic heterocycles. The van der Waals surface area contributed by atoms with E-state index < -0.39 is 97.5 Å². The summed E-state index contributed by atoms with van der Waals surface area (Å²) in [6, 6.07) is 0. The van der Waals surface area contributed by atoms with Crippen LogP contribution >= 0.6 is 15.6 Å². The van der Waals surface area contributed by atoms with Crippen molar-refractivity contribution in [3.8, 4) is 0 Å². The van der Waals surface area contributed by atoms with Gasteiger partial charge in [0, 0.05) is 25.7 Å². The monoisotopic (exact) mass is 1500 g/mol. The van der Waals surface area contributed by atoms with Crippen LogP contribution in [-0.4, -0.2) is 96.7 Å². The molecule has 17 nitrogen and oxygen atoms in total. The molecule has 0 aliphatic carbocycles. The highest BCUT2D eigenvalue weighted by molar-refractivity contribution is 7.47. The van der Waals surface area contributed by atoms with Crippen LogP contribution in [0, 0.1) is 0 Å².